The number of rotatable bonds is 8. The summed E-state index contributed by atoms with van der Waals surface area (Å²) in [6.45, 7) is 3.96. The smallest absolute Gasteiger partial charge is 0.232 e. The molecule has 1 fully saturated rings. The van der Waals surface area contributed by atoms with E-state index < -0.39 is 10.0 Å². The fourth-order valence-electron chi connectivity index (χ4n) is 4.42. The van der Waals surface area contributed by atoms with Gasteiger partial charge in [-0.3, -0.25) is 4.31 Å². The Morgan fingerprint density at radius 1 is 1.00 bits per heavy atom. The van der Waals surface area contributed by atoms with Gasteiger partial charge in [0.15, 0.2) is 0 Å². The Labute approximate surface area is 222 Å². The predicted octanol–water partition coefficient (Wildman–Crippen LogP) is 3.60. The lowest BCUT2D eigenvalue weighted by molar-refractivity contribution is 0.312. The molecule has 11 nitrogen and oxygen atoms in total. The second-order valence-electron chi connectivity index (χ2n) is 9.31. The van der Waals surface area contributed by atoms with Gasteiger partial charge in [-0.05, 0) is 37.4 Å². The highest BCUT2D eigenvalue weighted by molar-refractivity contribution is 7.92. The molecular weight excluding hydrogens is 504 g/mol. The van der Waals surface area contributed by atoms with Gasteiger partial charge in [-0.25, -0.2) is 8.42 Å². The fourth-order valence-corrected chi connectivity index (χ4v) is 4.93. The first-order chi connectivity index (χ1) is 18.2. The van der Waals surface area contributed by atoms with E-state index in [-0.39, 0.29) is 0 Å². The Morgan fingerprint density at radius 2 is 1.76 bits per heavy atom. The summed E-state index contributed by atoms with van der Waals surface area (Å²) in [6, 6.07) is 15.1. The number of sulfonamides is 1. The summed E-state index contributed by atoms with van der Waals surface area (Å²) in [7, 11) is 1.85. The number of likely N-dealkylation sites (N-methyl/N-ethyl adjacent to an activating group) is 1. The number of hydrogen-bond acceptors (Lipinski definition) is 9. The van der Waals surface area contributed by atoms with E-state index in [1.807, 2.05) is 30.3 Å². The van der Waals surface area contributed by atoms with E-state index in [0.29, 0.717) is 34.5 Å². The number of aromatic amines is 1. The molecule has 0 amide bonds. The molecule has 3 N–H and O–H groups in total. The third-order valence-corrected chi connectivity index (χ3v) is 7.90. The number of aromatic nitrogens is 3. The number of para-hydroxylation sites is 2. The number of ether oxygens (including phenoxy) is 1. The molecule has 0 bridgehead atoms. The monoisotopic (exact) mass is 536 g/mol. The van der Waals surface area contributed by atoms with E-state index in [9.17, 15) is 8.42 Å². The molecule has 200 valence electrons. The number of benzene rings is 2. The van der Waals surface area contributed by atoms with Crippen LogP contribution in [0.5, 0.6) is 5.75 Å². The minimum atomic E-state index is -3.45. The Morgan fingerprint density at radius 3 is 2.50 bits per heavy atom. The van der Waals surface area contributed by atoms with Crippen LogP contribution in [0.4, 0.5) is 34.5 Å². The van der Waals surface area contributed by atoms with Crippen molar-refractivity contribution in [3.8, 4) is 5.75 Å². The van der Waals surface area contributed by atoms with Gasteiger partial charge in [0, 0.05) is 51.2 Å². The number of piperazine rings is 1. The van der Waals surface area contributed by atoms with Crippen LogP contribution in [0.1, 0.15) is 0 Å². The topological polar surface area (TPSA) is 119 Å². The lowest BCUT2D eigenvalue weighted by Crippen LogP contribution is -2.44. The molecule has 4 aromatic rings. The molecule has 12 heteroatoms. The number of methoxy groups -OCH3 is 1. The Hall–Kier alpha value is -4.03. The van der Waals surface area contributed by atoms with Gasteiger partial charge in [0.25, 0.3) is 0 Å². The molecule has 0 saturated carbocycles. The summed E-state index contributed by atoms with van der Waals surface area (Å²) in [6.07, 6.45) is 2.96. The molecule has 1 aliphatic rings. The number of nitrogens with one attached hydrogen (secondary N) is 3. The zero-order valence-corrected chi connectivity index (χ0v) is 22.7. The van der Waals surface area contributed by atoms with Crippen molar-refractivity contribution in [1.29, 1.82) is 0 Å². The van der Waals surface area contributed by atoms with Gasteiger partial charge in [0.2, 0.25) is 16.0 Å². The highest BCUT2D eigenvalue weighted by atomic mass is 32.2. The lowest BCUT2D eigenvalue weighted by atomic mass is 10.2. The number of anilines is 6. The normalized spacial score (nSPS) is 14.5. The number of fused-ring (bicyclic) bond motifs is 1. The number of hydrogen-bond donors (Lipinski definition) is 3. The van der Waals surface area contributed by atoms with Gasteiger partial charge < -0.3 is 30.2 Å². The van der Waals surface area contributed by atoms with Crippen LogP contribution in [-0.2, 0) is 10.0 Å². The van der Waals surface area contributed by atoms with Crippen LogP contribution in [0.3, 0.4) is 0 Å². The minimum absolute atomic E-state index is 0.363. The molecule has 5 rings (SSSR count). The number of nitrogens with zero attached hydrogens (tertiary/aromatic N) is 5. The molecule has 1 aliphatic heterocycles. The molecule has 1 saturated heterocycles. The van der Waals surface area contributed by atoms with Crippen molar-refractivity contribution in [3.63, 3.8) is 0 Å². The molecule has 0 aliphatic carbocycles. The largest absolute Gasteiger partial charge is 0.494 e. The first-order valence-corrected chi connectivity index (χ1v) is 14.1. The van der Waals surface area contributed by atoms with Crippen LogP contribution in [-0.4, -0.2) is 81.9 Å². The standard InChI is InChI=1S/C26H32N8O3S/c1-32-13-15-34(16-14-32)18-9-10-21(23(17-18)37-3)29-26-30-24-19(11-12-27-24)25(31-26)28-20-7-5-6-8-22(20)33(2)38(4,35)36/h5-12,17H,13-16H2,1-4H3,(H3,27,28,29,30,31). The van der Waals surface area contributed by atoms with Gasteiger partial charge >= 0.3 is 0 Å². The van der Waals surface area contributed by atoms with Crippen molar-refractivity contribution < 1.29 is 13.2 Å². The molecule has 3 heterocycles. The summed E-state index contributed by atoms with van der Waals surface area (Å²) in [5, 5.41) is 7.36. The van der Waals surface area contributed by atoms with E-state index in [1.54, 1.807) is 25.4 Å². The summed E-state index contributed by atoms with van der Waals surface area (Å²) in [4.78, 5) is 17.2. The molecule has 0 atom stereocenters. The van der Waals surface area contributed by atoms with Gasteiger partial charge in [0.05, 0.1) is 35.8 Å². The van der Waals surface area contributed by atoms with E-state index in [0.717, 1.165) is 42.9 Å². The highest BCUT2D eigenvalue weighted by Crippen LogP contribution is 2.34. The first-order valence-electron chi connectivity index (χ1n) is 12.3. The molecular formula is C26H32N8O3S. The van der Waals surface area contributed by atoms with Crippen molar-refractivity contribution in [2.45, 2.75) is 0 Å². The van der Waals surface area contributed by atoms with Gasteiger partial charge in [-0.2, -0.15) is 9.97 Å². The van der Waals surface area contributed by atoms with E-state index in [1.165, 1.54) is 17.6 Å². The van der Waals surface area contributed by atoms with E-state index in [4.69, 9.17) is 9.72 Å². The Kier molecular flexibility index (Phi) is 7.00. The molecule has 2 aromatic carbocycles. The summed E-state index contributed by atoms with van der Waals surface area (Å²) < 4.78 is 31.3. The van der Waals surface area contributed by atoms with Crippen LogP contribution in [0.25, 0.3) is 11.0 Å². The maximum absolute atomic E-state index is 12.2. The second-order valence-corrected chi connectivity index (χ2v) is 11.3. The summed E-state index contributed by atoms with van der Waals surface area (Å²) in [5.74, 6) is 1.58. The van der Waals surface area contributed by atoms with Gasteiger partial charge in [-0.15, -0.1) is 0 Å². The Balaban J connectivity index is 1.45. The van der Waals surface area contributed by atoms with Crippen molar-refractivity contribution in [2.75, 3.05) is 73.5 Å². The molecule has 0 radical (unpaired) electrons. The van der Waals surface area contributed by atoms with Gasteiger partial charge in [0.1, 0.15) is 17.2 Å². The zero-order chi connectivity index (χ0) is 26.9. The minimum Gasteiger partial charge on any atom is -0.494 e. The molecule has 38 heavy (non-hydrogen) atoms. The third-order valence-electron chi connectivity index (χ3n) is 6.71. The van der Waals surface area contributed by atoms with E-state index >= 15 is 0 Å². The SMILES string of the molecule is COc1cc(N2CCN(C)CC2)ccc1Nc1nc(Nc2ccccc2N(C)S(C)(=O)=O)c2cc[nH]c2n1. The fraction of sp³-hybridized carbons (Fsp3) is 0.308. The highest BCUT2D eigenvalue weighted by Gasteiger charge is 2.19. The predicted molar refractivity (Wildman–Crippen MR) is 153 cm³/mol. The zero-order valence-electron chi connectivity index (χ0n) is 21.9. The van der Waals surface area contributed by atoms with Crippen molar-refractivity contribution in [3.05, 3.63) is 54.7 Å². The van der Waals surface area contributed by atoms with Crippen molar-refractivity contribution in [2.24, 2.45) is 0 Å². The number of H-pyrrole nitrogens is 1. The van der Waals surface area contributed by atoms with Gasteiger partial charge in [-0.1, -0.05) is 12.1 Å². The molecule has 0 spiro atoms. The first kappa shape index (κ1) is 25.6. The molecule has 0 unspecified atom stereocenters. The quantitative estimate of drug-likeness (QED) is 0.310. The van der Waals surface area contributed by atoms with Crippen LogP contribution < -0.4 is 24.6 Å². The van der Waals surface area contributed by atoms with Crippen LogP contribution in [0, 0.1) is 0 Å². The van der Waals surface area contributed by atoms with Crippen molar-refractivity contribution >= 4 is 55.6 Å². The summed E-state index contributed by atoms with van der Waals surface area (Å²) >= 11 is 0. The van der Waals surface area contributed by atoms with Crippen LogP contribution in [0.2, 0.25) is 0 Å². The Bertz CT molecular complexity index is 1550. The van der Waals surface area contributed by atoms with E-state index in [2.05, 4.69) is 43.5 Å². The van der Waals surface area contributed by atoms with Crippen LogP contribution >= 0.6 is 0 Å². The van der Waals surface area contributed by atoms with Crippen LogP contribution in [0.15, 0.2) is 54.7 Å². The maximum Gasteiger partial charge on any atom is 0.232 e. The average molecular weight is 537 g/mol. The average Bonchev–Trinajstić information content (AvgIpc) is 3.38. The third kappa shape index (κ3) is 5.31. The van der Waals surface area contributed by atoms with Crippen molar-refractivity contribution in [1.82, 2.24) is 19.9 Å². The second kappa shape index (κ2) is 10.4. The molecule has 2 aromatic heterocycles. The lowest BCUT2D eigenvalue weighted by Gasteiger charge is -2.34. The summed E-state index contributed by atoms with van der Waals surface area (Å²) in [5.41, 5.74) is 3.58. The maximum atomic E-state index is 12.2.